The number of nitrogens with one attached hydrogen (secondary N) is 1. The summed E-state index contributed by atoms with van der Waals surface area (Å²) < 4.78 is 15.4. The summed E-state index contributed by atoms with van der Waals surface area (Å²) in [6.45, 7) is 0.0475. The van der Waals surface area contributed by atoms with E-state index in [0.29, 0.717) is 4.88 Å². The summed E-state index contributed by atoms with van der Waals surface area (Å²) in [6, 6.07) is 4.27. The SMILES string of the molecule is O=C(NN=Cc1ccc(F)s1)c1ccn(Cn2cnc([N+](=O)[O-])n2)n1. The maximum atomic E-state index is 12.8. The van der Waals surface area contributed by atoms with Crippen molar-refractivity contribution in [2.45, 2.75) is 6.67 Å². The highest BCUT2D eigenvalue weighted by molar-refractivity contribution is 7.12. The summed E-state index contributed by atoms with van der Waals surface area (Å²) >= 11 is 0.894. The second-order valence-corrected chi connectivity index (χ2v) is 5.63. The van der Waals surface area contributed by atoms with Crippen molar-refractivity contribution in [3.8, 4) is 0 Å². The fraction of sp³-hybridized carbons (Fsp3) is 0.0833. The lowest BCUT2D eigenvalue weighted by Gasteiger charge is -1.97. The normalized spacial score (nSPS) is 11.1. The molecule has 25 heavy (non-hydrogen) atoms. The minimum atomic E-state index is -0.712. The quantitative estimate of drug-likeness (QED) is 0.392. The molecule has 11 nitrogen and oxygen atoms in total. The van der Waals surface area contributed by atoms with Gasteiger partial charge in [-0.1, -0.05) is 4.98 Å². The van der Waals surface area contributed by atoms with E-state index >= 15 is 0 Å². The smallest absolute Gasteiger partial charge is 0.390 e. The molecule has 3 heterocycles. The van der Waals surface area contributed by atoms with Crippen LogP contribution in [-0.2, 0) is 6.67 Å². The summed E-state index contributed by atoms with van der Waals surface area (Å²) in [6.07, 6.45) is 4.00. The van der Waals surface area contributed by atoms with Gasteiger partial charge in [-0.25, -0.2) is 10.1 Å². The van der Waals surface area contributed by atoms with Crippen molar-refractivity contribution in [3.63, 3.8) is 0 Å². The van der Waals surface area contributed by atoms with Gasteiger partial charge in [0.15, 0.2) is 17.5 Å². The predicted octanol–water partition coefficient (Wildman–Crippen LogP) is 0.853. The van der Waals surface area contributed by atoms with Crippen molar-refractivity contribution in [3.05, 3.63) is 56.5 Å². The van der Waals surface area contributed by atoms with Gasteiger partial charge in [0.1, 0.15) is 0 Å². The molecule has 0 atom stereocenters. The van der Waals surface area contributed by atoms with Crippen LogP contribution in [0.5, 0.6) is 0 Å². The molecule has 1 N–H and O–H groups in total. The Bertz CT molecular complexity index is 946. The van der Waals surface area contributed by atoms with Gasteiger partial charge in [0.2, 0.25) is 6.33 Å². The van der Waals surface area contributed by atoms with Gasteiger partial charge in [-0.15, -0.1) is 11.3 Å². The van der Waals surface area contributed by atoms with Crippen molar-refractivity contribution in [2.75, 3.05) is 0 Å². The van der Waals surface area contributed by atoms with E-state index in [-0.39, 0.29) is 17.5 Å². The zero-order valence-electron chi connectivity index (χ0n) is 12.3. The number of hydrogen-bond donors (Lipinski definition) is 1. The van der Waals surface area contributed by atoms with Crippen LogP contribution >= 0.6 is 11.3 Å². The summed E-state index contributed by atoms with van der Waals surface area (Å²) in [7, 11) is 0. The highest BCUT2D eigenvalue weighted by Crippen LogP contribution is 2.11. The monoisotopic (exact) mass is 364 g/mol. The molecule has 3 aromatic rings. The lowest BCUT2D eigenvalue weighted by atomic mass is 10.4. The van der Waals surface area contributed by atoms with Crippen molar-refractivity contribution in [2.24, 2.45) is 5.10 Å². The number of nitro groups is 1. The molecule has 0 spiro atoms. The fourth-order valence-corrected chi connectivity index (χ4v) is 2.36. The first-order chi connectivity index (χ1) is 12.0. The minimum Gasteiger partial charge on any atom is -0.390 e. The molecule has 0 aliphatic heterocycles. The van der Waals surface area contributed by atoms with E-state index in [2.05, 4.69) is 25.7 Å². The van der Waals surface area contributed by atoms with Gasteiger partial charge in [0.25, 0.3) is 5.91 Å². The number of hydrogen-bond acceptors (Lipinski definition) is 8. The topological polar surface area (TPSA) is 133 Å². The molecule has 0 radical (unpaired) electrons. The molecule has 128 valence electrons. The summed E-state index contributed by atoms with van der Waals surface area (Å²) in [4.78, 5) is 25.8. The van der Waals surface area contributed by atoms with Crippen LogP contribution < -0.4 is 5.43 Å². The van der Waals surface area contributed by atoms with Crippen LogP contribution in [0.3, 0.4) is 0 Å². The molecule has 3 rings (SSSR count). The Kier molecular flexibility index (Phi) is 4.56. The van der Waals surface area contributed by atoms with E-state index in [0.717, 1.165) is 11.3 Å². The van der Waals surface area contributed by atoms with Crippen LogP contribution in [0.15, 0.2) is 35.8 Å². The van der Waals surface area contributed by atoms with E-state index in [1.807, 2.05) is 0 Å². The molecule has 1 amide bonds. The minimum absolute atomic E-state index is 0.0475. The number of aromatic nitrogens is 5. The Labute approximate surface area is 142 Å². The first kappa shape index (κ1) is 16.4. The maximum Gasteiger partial charge on any atom is 0.491 e. The van der Waals surface area contributed by atoms with E-state index < -0.39 is 16.8 Å². The Hall–Kier alpha value is -3.48. The third kappa shape index (κ3) is 4.08. The molecule has 3 aromatic heterocycles. The van der Waals surface area contributed by atoms with Crippen molar-refractivity contribution in [1.82, 2.24) is 30.0 Å². The average Bonchev–Trinajstić information content (AvgIpc) is 3.29. The second-order valence-electron chi connectivity index (χ2n) is 4.56. The average molecular weight is 364 g/mol. The van der Waals surface area contributed by atoms with Crippen molar-refractivity contribution >= 4 is 29.4 Å². The molecule has 13 heteroatoms. The van der Waals surface area contributed by atoms with Crippen LogP contribution in [0.25, 0.3) is 0 Å². The lowest BCUT2D eigenvalue weighted by molar-refractivity contribution is -0.394. The van der Waals surface area contributed by atoms with Gasteiger partial charge >= 0.3 is 5.95 Å². The molecule has 0 aliphatic rings. The van der Waals surface area contributed by atoms with Crippen LogP contribution in [-0.4, -0.2) is 41.6 Å². The molecular formula is C12H9FN8O3S. The molecule has 0 unspecified atom stereocenters. The van der Waals surface area contributed by atoms with E-state index in [1.54, 1.807) is 0 Å². The number of hydrazone groups is 1. The van der Waals surface area contributed by atoms with E-state index in [1.165, 1.54) is 46.3 Å². The van der Waals surface area contributed by atoms with Crippen LogP contribution in [0, 0.1) is 15.2 Å². The highest BCUT2D eigenvalue weighted by atomic mass is 32.1. The zero-order valence-corrected chi connectivity index (χ0v) is 13.1. The summed E-state index contributed by atoms with van der Waals surface area (Å²) in [5, 5.41) is 21.5. The first-order valence-corrected chi connectivity index (χ1v) is 7.49. The standard InChI is InChI=1S/C12H9FN8O3S/c13-10-2-1-8(25-10)5-15-16-11(22)9-3-4-19(17-9)7-20-6-14-12(18-20)21(23)24/h1-6H,7H2,(H,16,22). The lowest BCUT2D eigenvalue weighted by Crippen LogP contribution is -2.19. The highest BCUT2D eigenvalue weighted by Gasteiger charge is 2.14. The zero-order chi connectivity index (χ0) is 17.8. The van der Waals surface area contributed by atoms with Gasteiger partial charge in [-0.2, -0.15) is 19.3 Å². The van der Waals surface area contributed by atoms with Gasteiger partial charge in [0.05, 0.1) is 11.1 Å². The Morgan fingerprint density at radius 3 is 2.92 bits per heavy atom. The first-order valence-electron chi connectivity index (χ1n) is 6.67. The molecule has 0 saturated heterocycles. The number of halogens is 1. The van der Waals surface area contributed by atoms with E-state index in [4.69, 9.17) is 0 Å². The van der Waals surface area contributed by atoms with Gasteiger partial charge in [-0.05, 0) is 23.1 Å². The number of carbonyl (C=O) groups is 1. The summed E-state index contributed by atoms with van der Waals surface area (Å²) in [5.41, 5.74) is 2.35. The third-order valence-corrected chi connectivity index (χ3v) is 3.61. The maximum absolute atomic E-state index is 12.8. The molecule has 0 aromatic carbocycles. The largest absolute Gasteiger partial charge is 0.491 e. The van der Waals surface area contributed by atoms with Crippen LogP contribution in [0.2, 0.25) is 0 Å². The molecule has 0 aliphatic carbocycles. The second kappa shape index (κ2) is 6.96. The molecule has 0 saturated carbocycles. The number of rotatable bonds is 6. The molecule has 0 fully saturated rings. The van der Waals surface area contributed by atoms with E-state index in [9.17, 15) is 19.3 Å². The predicted molar refractivity (Wildman–Crippen MR) is 83.6 cm³/mol. The van der Waals surface area contributed by atoms with Gasteiger partial charge in [0, 0.05) is 11.3 Å². The number of nitrogens with zero attached hydrogens (tertiary/aromatic N) is 7. The number of carbonyl (C=O) groups excluding carboxylic acids is 1. The fourth-order valence-electron chi connectivity index (χ4n) is 1.76. The molecule has 0 bridgehead atoms. The summed E-state index contributed by atoms with van der Waals surface area (Å²) in [5.74, 6) is -1.08. The third-order valence-electron chi connectivity index (χ3n) is 2.80. The number of amides is 1. The van der Waals surface area contributed by atoms with Crippen LogP contribution in [0.1, 0.15) is 15.4 Å². The number of thiophene rings is 1. The van der Waals surface area contributed by atoms with Crippen LogP contribution in [0.4, 0.5) is 10.3 Å². The Morgan fingerprint density at radius 2 is 2.24 bits per heavy atom. The van der Waals surface area contributed by atoms with Gasteiger partial charge in [-0.3, -0.25) is 4.79 Å². The molecular weight excluding hydrogens is 355 g/mol. The van der Waals surface area contributed by atoms with Crippen molar-refractivity contribution in [1.29, 1.82) is 0 Å². The Morgan fingerprint density at radius 1 is 1.40 bits per heavy atom. The van der Waals surface area contributed by atoms with Gasteiger partial charge < -0.3 is 10.1 Å². The van der Waals surface area contributed by atoms with Crippen molar-refractivity contribution < 1.29 is 14.1 Å². The Balaban J connectivity index is 1.59.